The molecule has 1 aromatic carbocycles. The van der Waals surface area contributed by atoms with Crippen LogP contribution in [0.3, 0.4) is 0 Å². The summed E-state index contributed by atoms with van der Waals surface area (Å²) in [6.07, 6.45) is 2.52. The lowest BCUT2D eigenvalue weighted by molar-refractivity contribution is -0.142. The molecule has 8 heteroatoms. The molecule has 0 saturated heterocycles. The predicted molar refractivity (Wildman–Crippen MR) is 102 cm³/mol. The monoisotopic (exact) mass is 374 g/mol. The minimum absolute atomic E-state index is 0.128. The Kier molecular flexibility index (Phi) is 6.95. The third-order valence-electron chi connectivity index (χ3n) is 4.71. The van der Waals surface area contributed by atoms with Crippen molar-refractivity contribution in [2.45, 2.75) is 38.8 Å². The van der Waals surface area contributed by atoms with Gasteiger partial charge in [0.2, 0.25) is 11.8 Å². The highest BCUT2D eigenvalue weighted by atomic mass is 16.4. The van der Waals surface area contributed by atoms with E-state index in [1.165, 1.54) is 0 Å². The zero-order valence-electron chi connectivity index (χ0n) is 15.5. The van der Waals surface area contributed by atoms with Gasteiger partial charge in [-0.25, -0.2) is 4.79 Å². The van der Waals surface area contributed by atoms with E-state index in [-0.39, 0.29) is 18.9 Å². The molecule has 2 amide bonds. The highest BCUT2D eigenvalue weighted by Crippen LogP contribution is 2.19. The lowest BCUT2D eigenvalue weighted by Gasteiger charge is -2.25. The molecule has 1 aromatic heterocycles. The second kappa shape index (κ2) is 9.18. The van der Waals surface area contributed by atoms with Crippen LogP contribution in [0.4, 0.5) is 0 Å². The van der Waals surface area contributed by atoms with E-state index in [4.69, 9.17) is 5.73 Å². The van der Waals surface area contributed by atoms with E-state index in [9.17, 15) is 19.5 Å². The third kappa shape index (κ3) is 5.07. The zero-order chi connectivity index (χ0) is 20.0. The minimum atomic E-state index is -1.14. The minimum Gasteiger partial charge on any atom is -0.480 e. The Morgan fingerprint density at radius 1 is 1.22 bits per heavy atom. The number of H-pyrrole nitrogens is 1. The Balaban J connectivity index is 2.17. The summed E-state index contributed by atoms with van der Waals surface area (Å²) >= 11 is 0. The van der Waals surface area contributed by atoms with Crippen molar-refractivity contribution in [3.8, 4) is 0 Å². The molecular formula is C19H26N4O4. The molecule has 0 aliphatic rings. The first-order valence-corrected chi connectivity index (χ1v) is 8.95. The number of fused-ring (bicyclic) bond motifs is 1. The Bertz CT molecular complexity index is 817. The number of amides is 2. The van der Waals surface area contributed by atoms with Gasteiger partial charge in [-0.15, -0.1) is 0 Å². The fourth-order valence-electron chi connectivity index (χ4n) is 2.92. The highest BCUT2D eigenvalue weighted by molar-refractivity contribution is 5.91. The first kappa shape index (κ1) is 20.4. The van der Waals surface area contributed by atoms with E-state index >= 15 is 0 Å². The standard InChI is InChI=1S/C19H26N4O4/c1-3-11(2)17(23-16(24)9-20)18(25)22-15(19(26)27)8-12-10-21-14-7-5-4-6-13(12)14/h4-7,10-11,15,17,21H,3,8-9,20H2,1-2H3,(H,22,25)(H,23,24)(H,26,27)/t11-,15-,17-/m0/s1. The van der Waals surface area contributed by atoms with Crippen LogP contribution >= 0.6 is 0 Å². The van der Waals surface area contributed by atoms with E-state index in [1.54, 1.807) is 6.20 Å². The number of para-hydroxylation sites is 1. The number of carbonyl (C=O) groups excluding carboxylic acids is 2. The van der Waals surface area contributed by atoms with Crippen molar-refractivity contribution < 1.29 is 19.5 Å². The number of hydrogen-bond acceptors (Lipinski definition) is 4. The van der Waals surface area contributed by atoms with Gasteiger partial charge in [0.1, 0.15) is 12.1 Å². The van der Waals surface area contributed by atoms with Gasteiger partial charge in [-0.05, 0) is 17.5 Å². The number of rotatable bonds is 9. The summed E-state index contributed by atoms with van der Waals surface area (Å²) in [6, 6.07) is 5.60. The number of hydrogen-bond donors (Lipinski definition) is 5. The summed E-state index contributed by atoms with van der Waals surface area (Å²) in [5.41, 5.74) is 7.01. The number of carboxylic acid groups (broad SMARTS) is 1. The van der Waals surface area contributed by atoms with Gasteiger partial charge in [0.25, 0.3) is 0 Å². The first-order valence-electron chi connectivity index (χ1n) is 8.95. The van der Waals surface area contributed by atoms with Gasteiger partial charge in [0.05, 0.1) is 6.54 Å². The maximum Gasteiger partial charge on any atom is 0.326 e. The van der Waals surface area contributed by atoms with Crippen LogP contribution < -0.4 is 16.4 Å². The zero-order valence-corrected chi connectivity index (χ0v) is 15.5. The van der Waals surface area contributed by atoms with Crippen molar-refractivity contribution in [3.05, 3.63) is 36.0 Å². The van der Waals surface area contributed by atoms with E-state index in [2.05, 4.69) is 15.6 Å². The normalized spacial score (nSPS) is 14.3. The van der Waals surface area contributed by atoms with Crippen LogP contribution in [0.2, 0.25) is 0 Å². The van der Waals surface area contributed by atoms with Crippen molar-refractivity contribution in [2.24, 2.45) is 11.7 Å². The maximum atomic E-state index is 12.7. The smallest absolute Gasteiger partial charge is 0.326 e. The number of nitrogens with one attached hydrogen (secondary N) is 3. The van der Waals surface area contributed by atoms with Crippen LogP contribution in [0.1, 0.15) is 25.8 Å². The van der Waals surface area contributed by atoms with Gasteiger partial charge >= 0.3 is 5.97 Å². The van der Waals surface area contributed by atoms with Crippen LogP contribution in [0.25, 0.3) is 10.9 Å². The number of nitrogens with two attached hydrogens (primary N) is 1. The van der Waals surface area contributed by atoms with Crippen LogP contribution in [-0.4, -0.2) is 46.5 Å². The van der Waals surface area contributed by atoms with Gasteiger partial charge in [0.15, 0.2) is 0 Å². The van der Waals surface area contributed by atoms with E-state index in [0.29, 0.717) is 6.42 Å². The maximum absolute atomic E-state index is 12.7. The molecule has 2 aromatic rings. The second-order valence-electron chi connectivity index (χ2n) is 6.60. The molecule has 146 valence electrons. The van der Waals surface area contributed by atoms with E-state index in [1.807, 2.05) is 38.1 Å². The van der Waals surface area contributed by atoms with Gasteiger partial charge in [-0.1, -0.05) is 38.5 Å². The predicted octanol–water partition coefficient (Wildman–Crippen LogP) is 0.769. The van der Waals surface area contributed by atoms with Gasteiger partial charge in [-0.2, -0.15) is 0 Å². The molecule has 0 bridgehead atoms. The summed E-state index contributed by atoms with van der Waals surface area (Å²) in [5.74, 6) is -2.29. The molecule has 27 heavy (non-hydrogen) atoms. The summed E-state index contributed by atoms with van der Waals surface area (Å²) in [4.78, 5) is 39.1. The van der Waals surface area contributed by atoms with Crippen molar-refractivity contribution in [2.75, 3.05) is 6.54 Å². The Morgan fingerprint density at radius 3 is 2.56 bits per heavy atom. The average Bonchev–Trinajstić information content (AvgIpc) is 3.07. The molecule has 3 atom stereocenters. The van der Waals surface area contributed by atoms with E-state index < -0.39 is 29.9 Å². The highest BCUT2D eigenvalue weighted by Gasteiger charge is 2.30. The molecule has 0 spiro atoms. The molecular weight excluding hydrogens is 348 g/mol. The molecule has 6 N–H and O–H groups in total. The van der Waals surface area contributed by atoms with Crippen LogP contribution in [0, 0.1) is 5.92 Å². The number of carboxylic acids is 1. The second-order valence-corrected chi connectivity index (χ2v) is 6.60. The fourth-order valence-corrected chi connectivity index (χ4v) is 2.92. The summed E-state index contributed by atoms with van der Waals surface area (Å²) < 4.78 is 0. The number of aromatic nitrogens is 1. The Morgan fingerprint density at radius 2 is 1.93 bits per heavy atom. The fraction of sp³-hybridized carbons (Fsp3) is 0.421. The first-order chi connectivity index (χ1) is 12.9. The molecule has 8 nitrogen and oxygen atoms in total. The summed E-state index contributed by atoms with van der Waals surface area (Å²) in [6.45, 7) is 3.47. The summed E-state index contributed by atoms with van der Waals surface area (Å²) in [5, 5.41) is 15.6. The molecule has 1 heterocycles. The topological polar surface area (TPSA) is 137 Å². The molecule has 0 unspecified atom stereocenters. The van der Waals surface area contributed by atoms with Crippen molar-refractivity contribution >= 4 is 28.7 Å². The molecule has 0 fully saturated rings. The SMILES string of the molecule is CC[C@H](C)[C@H](NC(=O)CN)C(=O)N[C@@H](Cc1c[nH]c2ccccc12)C(=O)O. The Labute approximate surface area is 157 Å². The number of benzene rings is 1. The summed E-state index contributed by atoms with van der Waals surface area (Å²) in [7, 11) is 0. The van der Waals surface area contributed by atoms with Gasteiger partial charge in [0, 0.05) is 23.5 Å². The quantitative estimate of drug-likeness (QED) is 0.441. The average molecular weight is 374 g/mol. The molecule has 0 aliphatic heterocycles. The molecule has 0 aliphatic carbocycles. The molecule has 0 radical (unpaired) electrons. The van der Waals surface area contributed by atoms with Crippen LogP contribution in [0.5, 0.6) is 0 Å². The Hall–Kier alpha value is -2.87. The molecule has 2 rings (SSSR count). The van der Waals surface area contributed by atoms with Crippen LogP contribution in [-0.2, 0) is 20.8 Å². The third-order valence-corrected chi connectivity index (χ3v) is 4.71. The van der Waals surface area contributed by atoms with E-state index in [0.717, 1.165) is 16.5 Å². The number of aromatic amines is 1. The lowest BCUT2D eigenvalue weighted by atomic mass is 9.97. The van der Waals surface area contributed by atoms with Crippen molar-refractivity contribution in [1.82, 2.24) is 15.6 Å². The van der Waals surface area contributed by atoms with Crippen molar-refractivity contribution in [3.63, 3.8) is 0 Å². The largest absolute Gasteiger partial charge is 0.480 e. The lowest BCUT2D eigenvalue weighted by Crippen LogP contribution is -2.55. The van der Waals surface area contributed by atoms with Crippen LogP contribution in [0.15, 0.2) is 30.5 Å². The van der Waals surface area contributed by atoms with Crippen molar-refractivity contribution in [1.29, 1.82) is 0 Å². The number of carbonyl (C=O) groups is 3. The molecule has 0 saturated carbocycles. The van der Waals surface area contributed by atoms with Gasteiger partial charge < -0.3 is 26.5 Å². The van der Waals surface area contributed by atoms with Gasteiger partial charge in [-0.3, -0.25) is 9.59 Å². The number of aliphatic carboxylic acids is 1.